The lowest BCUT2D eigenvalue weighted by Gasteiger charge is -2.44. The molecule has 4 nitrogen and oxygen atoms in total. The van der Waals surface area contributed by atoms with E-state index in [-0.39, 0.29) is 22.5 Å². The van der Waals surface area contributed by atoms with Gasteiger partial charge in [0, 0.05) is 6.07 Å². The van der Waals surface area contributed by atoms with Gasteiger partial charge in [0.25, 0.3) is 0 Å². The summed E-state index contributed by atoms with van der Waals surface area (Å²) >= 11 is 0. The highest BCUT2D eigenvalue weighted by molar-refractivity contribution is 5.93. The number of hydrogen-bond donors (Lipinski definition) is 2. The van der Waals surface area contributed by atoms with Gasteiger partial charge in [-0.2, -0.15) is 0 Å². The quantitative estimate of drug-likeness (QED) is 0.683. The van der Waals surface area contributed by atoms with Crippen LogP contribution in [0.1, 0.15) is 75.7 Å². The van der Waals surface area contributed by atoms with Crippen molar-refractivity contribution in [2.24, 2.45) is 5.41 Å². The van der Waals surface area contributed by atoms with E-state index in [2.05, 4.69) is 27.4 Å². The van der Waals surface area contributed by atoms with E-state index < -0.39 is 11.6 Å². The summed E-state index contributed by atoms with van der Waals surface area (Å²) in [7, 11) is 0. The summed E-state index contributed by atoms with van der Waals surface area (Å²) in [5, 5.41) is 19.8. The first-order chi connectivity index (χ1) is 11.6. The largest absolute Gasteiger partial charge is 0.508 e. The molecule has 1 aromatic carbocycles. The highest BCUT2D eigenvalue weighted by Crippen LogP contribution is 2.46. The van der Waals surface area contributed by atoms with Crippen LogP contribution in [0.15, 0.2) is 24.3 Å². The number of rotatable bonds is 6. The first kappa shape index (κ1) is 19.4. The predicted molar refractivity (Wildman–Crippen MR) is 99.5 cm³/mol. The lowest BCUT2D eigenvalue weighted by molar-refractivity contribution is 0.0414. The Balaban J connectivity index is 2.45. The summed E-state index contributed by atoms with van der Waals surface area (Å²) in [4.78, 5) is 11.9. The fourth-order valence-electron chi connectivity index (χ4n) is 3.78. The van der Waals surface area contributed by atoms with Crippen LogP contribution >= 0.6 is 0 Å². The van der Waals surface area contributed by atoms with Gasteiger partial charge in [0.15, 0.2) is 0 Å². The van der Waals surface area contributed by atoms with E-state index in [1.54, 1.807) is 0 Å². The van der Waals surface area contributed by atoms with E-state index in [1.165, 1.54) is 12.1 Å². The molecule has 0 spiro atoms. The molecule has 1 aliphatic carbocycles. The number of benzene rings is 1. The third-order valence-electron chi connectivity index (χ3n) is 5.18. The maximum atomic E-state index is 11.9. The maximum Gasteiger partial charge on any atom is 0.339 e. The van der Waals surface area contributed by atoms with Crippen LogP contribution in [0.2, 0.25) is 0 Å². The molecule has 0 aromatic heterocycles. The van der Waals surface area contributed by atoms with Crippen LogP contribution in [-0.2, 0) is 6.42 Å². The molecule has 2 rings (SSSR count). The molecule has 1 saturated carbocycles. The molecular formula is C21H30O4. The van der Waals surface area contributed by atoms with Gasteiger partial charge < -0.3 is 14.9 Å². The molecule has 0 radical (unpaired) electrons. The Bertz CT molecular complexity index is 675. The van der Waals surface area contributed by atoms with Crippen molar-refractivity contribution in [3.05, 3.63) is 35.4 Å². The van der Waals surface area contributed by atoms with Crippen molar-refractivity contribution >= 4 is 5.97 Å². The summed E-state index contributed by atoms with van der Waals surface area (Å²) in [6, 6.07) is 2.95. The number of phenolic OH excluding ortho intramolecular Hbond substituents is 1. The highest BCUT2D eigenvalue weighted by Gasteiger charge is 2.41. The Morgan fingerprint density at radius 1 is 1.32 bits per heavy atom. The van der Waals surface area contributed by atoms with Crippen molar-refractivity contribution in [2.45, 2.75) is 71.8 Å². The molecule has 25 heavy (non-hydrogen) atoms. The van der Waals surface area contributed by atoms with E-state index in [0.29, 0.717) is 12.0 Å². The fourth-order valence-corrected chi connectivity index (χ4v) is 3.78. The number of hydrogen-bond acceptors (Lipinski definition) is 3. The van der Waals surface area contributed by atoms with Crippen molar-refractivity contribution in [2.75, 3.05) is 0 Å². The van der Waals surface area contributed by atoms with E-state index in [4.69, 9.17) is 4.74 Å². The van der Waals surface area contributed by atoms with Crippen molar-refractivity contribution < 1.29 is 19.7 Å². The van der Waals surface area contributed by atoms with Crippen LogP contribution in [0.4, 0.5) is 0 Å². The van der Waals surface area contributed by atoms with Gasteiger partial charge in [0.1, 0.15) is 22.7 Å². The molecular weight excluding hydrogens is 316 g/mol. The molecule has 0 aliphatic heterocycles. The first-order valence-corrected chi connectivity index (χ1v) is 9.04. The van der Waals surface area contributed by atoms with Crippen molar-refractivity contribution in [1.82, 2.24) is 0 Å². The van der Waals surface area contributed by atoms with E-state index >= 15 is 0 Å². The van der Waals surface area contributed by atoms with E-state index in [9.17, 15) is 15.0 Å². The first-order valence-electron chi connectivity index (χ1n) is 9.04. The third-order valence-corrected chi connectivity index (χ3v) is 5.18. The molecule has 1 aromatic rings. The lowest BCUT2D eigenvalue weighted by Crippen LogP contribution is -2.43. The molecule has 0 amide bonds. The standard InChI is InChI=1S/C21H30O4/c1-6-7-8-15-11-16(22)12-17(18(15)19(23)24)25-21(5)13-20(3,4)10-9-14(21)2/h11-12,22H,2,6-10,13H2,1,3-5H3,(H,23,24). The summed E-state index contributed by atoms with van der Waals surface area (Å²) in [6.45, 7) is 12.6. The zero-order valence-electron chi connectivity index (χ0n) is 15.8. The van der Waals surface area contributed by atoms with Crippen molar-refractivity contribution in [1.29, 1.82) is 0 Å². The summed E-state index contributed by atoms with van der Waals surface area (Å²) in [6.07, 6.45) is 5.07. The van der Waals surface area contributed by atoms with Crippen molar-refractivity contribution in [3.63, 3.8) is 0 Å². The molecule has 0 bridgehead atoms. The minimum atomic E-state index is -1.02. The minimum absolute atomic E-state index is 0.0374. The average Bonchev–Trinajstić information content (AvgIpc) is 2.47. The second-order valence-corrected chi connectivity index (χ2v) is 8.16. The van der Waals surface area contributed by atoms with Gasteiger partial charge in [0.05, 0.1) is 0 Å². The Labute approximate surface area is 150 Å². The minimum Gasteiger partial charge on any atom is -0.508 e. The third kappa shape index (κ3) is 4.36. The van der Waals surface area contributed by atoms with Crippen LogP contribution in [0.5, 0.6) is 11.5 Å². The molecule has 0 heterocycles. The van der Waals surface area contributed by atoms with Gasteiger partial charge in [-0.05, 0) is 61.6 Å². The summed E-state index contributed by atoms with van der Waals surface area (Å²) in [5.41, 5.74) is 1.21. The molecule has 1 unspecified atom stereocenters. The maximum absolute atomic E-state index is 11.9. The smallest absolute Gasteiger partial charge is 0.339 e. The van der Waals surface area contributed by atoms with Gasteiger partial charge in [-0.1, -0.05) is 33.8 Å². The topological polar surface area (TPSA) is 66.8 Å². The number of carboxylic acid groups (broad SMARTS) is 1. The molecule has 4 heteroatoms. The number of aryl methyl sites for hydroxylation is 1. The number of phenols is 1. The number of unbranched alkanes of at least 4 members (excludes halogenated alkanes) is 1. The van der Waals surface area contributed by atoms with Crippen LogP contribution < -0.4 is 4.74 Å². The Morgan fingerprint density at radius 2 is 2.00 bits per heavy atom. The van der Waals surface area contributed by atoms with Crippen molar-refractivity contribution in [3.8, 4) is 11.5 Å². The summed E-state index contributed by atoms with van der Waals surface area (Å²) in [5.74, 6) is -0.749. The fraction of sp³-hybridized carbons (Fsp3) is 0.571. The van der Waals surface area contributed by atoms with E-state index in [1.807, 2.05) is 6.92 Å². The van der Waals surface area contributed by atoms with Crippen LogP contribution in [0.3, 0.4) is 0 Å². The molecule has 1 fully saturated rings. The second-order valence-electron chi connectivity index (χ2n) is 8.16. The van der Waals surface area contributed by atoms with Crippen LogP contribution in [0, 0.1) is 5.41 Å². The Morgan fingerprint density at radius 3 is 2.60 bits per heavy atom. The van der Waals surface area contributed by atoms with Gasteiger partial charge in [-0.25, -0.2) is 4.79 Å². The SMILES string of the molecule is C=C1CCC(C)(C)CC1(C)Oc1cc(O)cc(CCCC)c1C(=O)O. The Hall–Kier alpha value is -1.97. The number of ether oxygens (including phenoxy) is 1. The van der Waals surface area contributed by atoms with Gasteiger partial charge in [-0.15, -0.1) is 0 Å². The van der Waals surface area contributed by atoms with E-state index in [0.717, 1.165) is 37.7 Å². The molecule has 138 valence electrons. The Kier molecular flexibility index (Phi) is 5.50. The number of aromatic hydroxyl groups is 1. The van der Waals surface area contributed by atoms with Gasteiger partial charge in [0.2, 0.25) is 0 Å². The van der Waals surface area contributed by atoms with Gasteiger partial charge >= 0.3 is 5.97 Å². The zero-order valence-corrected chi connectivity index (χ0v) is 15.8. The number of carbonyl (C=O) groups is 1. The lowest BCUT2D eigenvalue weighted by atomic mass is 9.68. The highest BCUT2D eigenvalue weighted by atomic mass is 16.5. The second kappa shape index (κ2) is 7.11. The molecule has 0 saturated heterocycles. The number of carboxylic acids is 1. The monoisotopic (exact) mass is 346 g/mol. The summed E-state index contributed by atoms with van der Waals surface area (Å²) < 4.78 is 6.24. The molecule has 2 N–H and O–H groups in total. The normalized spacial score (nSPS) is 22.6. The van der Waals surface area contributed by atoms with Crippen LogP contribution in [0.25, 0.3) is 0 Å². The number of aromatic carboxylic acids is 1. The zero-order chi connectivity index (χ0) is 18.8. The molecule has 1 aliphatic rings. The van der Waals surface area contributed by atoms with Crippen LogP contribution in [-0.4, -0.2) is 21.8 Å². The average molecular weight is 346 g/mol. The van der Waals surface area contributed by atoms with Gasteiger partial charge in [-0.3, -0.25) is 0 Å². The predicted octanol–water partition coefficient (Wildman–Crippen LogP) is 5.34. The molecule has 1 atom stereocenters.